The van der Waals surface area contributed by atoms with Crippen molar-refractivity contribution in [3.8, 4) is 0 Å². The van der Waals surface area contributed by atoms with Gasteiger partial charge in [0.2, 0.25) is 0 Å². The fourth-order valence-corrected chi connectivity index (χ4v) is 0.211. The summed E-state index contributed by atoms with van der Waals surface area (Å²) in [6.45, 7) is -0.591. The summed E-state index contributed by atoms with van der Waals surface area (Å²) in [4.78, 5) is 10.1. The van der Waals surface area contributed by atoms with Crippen LogP contribution in [0.4, 0.5) is 0 Å². The maximum atomic E-state index is 10.1. The first kappa shape index (κ1) is 7.39. The molecule has 0 bridgehead atoms. The van der Waals surface area contributed by atoms with Crippen molar-refractivity contribution in [3.05, 3.63) is 0 Å². The van der Waals surface area contributed by atoms with E-state index in [2.05, 4.69) is 4.74 Å². The van der Waals surface area contributed by atoms with Crippen LogP contribution in [0.3, 0.4) is 0 Å². The largest absolute Gasteiger partial charge is 0.467 e. The maximum Gasteiger partial charge on any atom is 0.337 e. The number of methoxy groups -OCH3 is 1. The molecule has 0 heterocycles. The van der Waals surface area contributed by atoms with E-state index in [4.69, 9.17) is 10.2 Å². The first-order chi connectivity index (χ1) is 3.72. The van der Waals surface area contributed by atoms with Crippen molar-refractivity contribution in [2.24, 2.45) is 0 Å². The second kappa shape index (κ2) is 3.40. The number of carbonyl (C=O) groups excluding carboxylic acids is 1. The molecule has 8 heavy (non-hydrogen) atoms. The summed E-state index contributed by atoms with van der Waals surface area (Å²) in [5.41, 5.74) is 0. The normalized spacial score (nSPS) is 12.9. The Bertz CT molecular complexity index is 80.1. The molecule has 0 rings (SSSR count). The van der Waals surface area contributed by atoms with Crippen LogP contribution in [-0.4, -0.2) is 36.0 Å². The Morgan fingerprint density at radius 3 is 2.50 bits per heavy atom. The Morgan fingerprint density at radius 2 is 2.38 bits per heavy atom. The van der Waals surface area contributed by atoms with Gasteiger partial charge in [0.1, 0.15) is 0 Å². The molecule has 0 radical (unpaired) electrons. The van der Waals surface area contributed by atoms with E-state index in [1.807, 2.05) is 0 Å². The van der Waals surface area contributed by atoms with Crippen LogP contribution in [0.25, 0.3) is 0 Å². The fraction of sp³-hybridized carbons (Fsp3) is 0.750. The Morgan fingerprint density at radius 1 is 1.88 bits per heavy atom. The van der Waals surface area contributed by atoms with Crippen LogP contribution in [0.2, 0.25) is 0 Å². The summed E-state index contributed by atoms with van der Waals surface area (Å²) in [6.07, 6.45) is -1.39. The Labute approximate surface area is 46.7 Å². The summed E-state index contributed by atoms with van der Waals surface area (Å²) in [5, 5.41) is 16.5. The third-order valence-electron chi connectivity index (χ3n) is 0.646. The van der Waals surface area contributed by atoms with Gasteiger partial charge in [-0.3, -0.25) is 0 Å². The molecular weight excluding hydrogens is 112 g/mol. The second-order valence-corrected chi connectivity index (χ2v) is 1.22. The van der Waals surface area contributed by atoms with Gasteiger partial charge in [-0.15, -0.1) is 0 Å². The third-order valence-corrected chi connectivity index (χ3v) is 0.646. The highest BCUT2D eigenvalue weighted by Crippen LogP contribution is 1.82. The number of carbonyl (C=O) groups is 1. The molecule has 0 aromatic rings. The summed E-state index contributed by atoms with van der Waals surface area (Å²) in [6, 6.07) is 0. The van der Waals surface area contributed by atoms with E-state index in [1.165, 1.54) is 0 Å². The predicted octanol–water partition coefficient (Wildman–Crippen LogP) is -1.49. The molecule has 2 N–H and O–H groups in total. The van der Waals surface area contributed by atoms with Gasteiger partial charge >= 0.3 is 5.97 Å². The molecule has 0 aromatic heterocycles. The van der Waals surface area contributed by atoms with E-state index >= 15 is 0 Å². The van der Waals surface area contributed by atoms with Crippen molar-refractivity contribution >= 4 is 5.97 Å². The van der Waals surface area contributed by atoms with Gasteiger partial charge in [0.25, 0.3) is 0 Å². The second-order valence-electron chi connectivity index (χ2n) is 1.22. The fourth-order valence-electron chi connectivity index (χ4n) is 0.211. The molecule has 0 aromatic carbocycles. The van der Waals surface area contributed by atoms with Crippen LogP contribution < -0.4 is 0 Å². The Hall–Kier alpha value is -0.610. The van der Waals surface area contributed by atoms with Gasteiger partial charge in [0.05, 0.1) is 13.7 Å². The van der Waals surface area contributed by atoms with E-state index in [1.54, 1.807) is 0 Å². The number of aliphatic hydroxyl groups is 2. The minimum atomic E-state index is -1.39. The molecule has 0 amide bonds. The molecule has 0 saturated carbocycles. The summed E-state index contributed by atoms with van der Waals surface area (Å²) in [5.74, 6) is -0.812. The Kier molecular flexibility index (Phi) is 3.14. The maximum absolute atomic E-state index is 10.1. The Balaban J connectivity index is 3.46. The van der Waals surface area contributed by atoms with Gasteiger partial charge in [-0.05, 0) is 0 Å². The number of esters is 1. The lowest BCUT2D eigenvalue weighted by Crippen LogP contribution is -2.25. The van der Waals surface area contributed by atoms with Crippen molar-refractivity contribution in [3.63, 3.8) is 0 Å². The number of rotatable bonds is 2. The average molecular weight is 120 g/mol. The molecule has 0 aliphatic carbocycles. The van der Waals surface area contributed by atoms with Crippen molar-refractivity contribution in [2.45, 2.75) is 6.10 Å². The van der Waals surface area contributed by atoms with Crippen LogP contribution in [-0.2, 0) is 9.53 Å². The zero-order valence-electron chi connectivity index (χ0n) is 4.50. The lowest BCUT2D eigenvalue weighted by molar-refractivity contribution is -0.152. The zero-order valence-corrected chi connectivity index (χ0v) is 4.50. The van der Waals surface area contributed by atoms with Crippen LogP contribution in [0.1, 0.15) is 0 Å². The van der Waals surface area contributed by atoms with Gasteiger partial charge in [-0.25, -0.2) is 4.79 Å². The van der Waals surface area contributed by atoms with Gasteiger partial charge in [-0.2, -0.15) is 0 Å². The monoisotopic (exact) mass is 120 g/mol. The van der Waals surface area contributed by atoms with Crippen LogP contribution in [0, 0.1) is 0 Å². The van der Waals surface area contributed by atoms with E-state index in [9.17, 15) is 4.79 Å². The van der Waals surface area contributed by atoms with Crippen molar-refractivity contribution in [2.75, 3.05) is 13.7 Å². The lowest BCUT2D eigenvalue weighted by atomic mass is 10.4. The average Bonchev–Trinajstić information content (AvgIpc) is 1.84. The number of aliphatic hydroxyl groups excluding tert-OH is 2. The molecule has 0 fully saturated rings. The number of ether oxygens (including phenoxy) is 1. The molecule has 0 spiro atoms. The van der Waals surface area contributed by atoms with Crippen molar-refractivity contribution in [1.29, 1.82) is 0 Å². The standard InChI is InChI=1S/C4H8O4/c1-8-4(7)3(6)2-5/h3,5-6H,2H2,1H3. The van der Waals surface area contributed by atoms with Gasteiger partial charge in [-0.1, -0.05) is 0 Å². The van der Waals surface area contributed by atoms with E-state index in [-0.39, 0.29) is 0 Å². The summed E-state index contributed by atoms with van der Waals surface area (Å²) >= 11 is 0. The molecule has 0 aliphatic heterocycles. The minimum Gasteiger partial charge on any atom is -0.467 e. The molecule has 48 valence electrons. The van der Waals surface area contributed by atoms with Gasteiger partial charge in [0.15, 0.2) is 6.10 Å². The highest BCUT2D eigenvalue weighted by atomic mass is 16.5. The van der Waals surface area contributed by atoms with Crippen molar-refractivity contribution in [1.82, 2.24) is 0 Å². The summed E-state index contributed by atoms with van der Waals surface area (Å²) in [7, 11) is 1.14. The van der Waals surface area contributed by atoms with Crippen LogP contribution in [0.15, 0.2) is 0 Å². The topological polar surface area (TPSA) is 66.8 Å². The molecule has 4 nitrogen and oxygen atoms in total. The quantitative estimate of drug-likeness (QED) is 0.436. The number of hydrogen-bond donors (Lipinski definition) is 2. The van der Waals surface area contributed by atoms with Crippen LogP contribution >= 0.6 is 0 Å². The first-order valence-corrected chi connectivity index (χ1v) is 2.09. The predicted molar refractivity (Wildman–Crippen MR) is 25.1 cm³/mol. The molecule has 0 aliphatic rings. The molecule has 4 heteroatoms. The van der Waals surface area contributed by atoms with Crippen LogP contribution in [0.5, 0.6) is 0 Å². The molecular formula is C4H8O4. The van der Waals surface area contributed by atoms with Crippen molar-refractivity contribution < 1.29 is 19.7 Å². The SMILES string of the molecule is COC(=O)C(O)CO. The summed E-state index contributed by atoms with van der Waals surface area (Å²) < 4.78 is 4.05. The van der Waals surface area contributed by atoms with E-state index in [0.717, 1.165) is 7.11 Å². The lowest BCUT2D eigenvalue weighted by Gasteiger charge is -2.01. The molecule has 1 unspecified atom stereocenters. The third kappa shape index (κ3) is 1.90. The minimum absolute atomic E-state index is 0.591. The van der Waals surface area contributed by atoms with E-state index < -0.39 is 18.7 Å². The highest BCUT2D eigenvalue weighted by molar-refractivity contribution is 5.74. The smallest absolute Gasteiger partial charge is 0.337 e. The molecule has 1 atom stereocenters. The highest BCUT2D eigenvalue weighted by Gasteiger charge is 2.11. The molecule has 0 saturated heterocycles. The first-order valence-electron chi connectivity index (χ1n) is 2.09. The van der Waals surface area contributed by atoms with E-state index in [0.29, 0.717) is 0 Å². The van der Waals surface area contributed by atoms with Gasteiger partial charge < -0.3 is 14.9 Å². The zero-order chi connectivity index (χ0) is 6.57. The van der Waals surface area contributed by atoms with Gasteiger partial charge in [0, 0.05) is 0 Å². The number of hydrogen-bond acceptors (Lipinski definition) is 4.